The quantitative estimate of drug-likeness (QED) is 0.0849. The van der Waals surface area contributed by atoms with Crippen molar-refractivity contribution in [2.24, 2.45) is 147 Å². The molecule has 17 nitrogen and oxygen atoms in total. The van der Waals surface area contributed by atoms with Crippen molar-refractivity contribution in [2.45, 2.75) is 301 Å². The van der Waals surface area contributed by atoms with Gasteiger partial charge in [-0.15, -0.1) is 0 Å². The molecule has 7 N–H and O–H groups in total. The molecule has 2 spiro atoms. The maximum atomic E-state index is 14.4. The van der Waals surface area contributed by atoms with E-state index >= 15 is 0 Å². The minimum Gasteiger partial charge on any atom is -0.480 e. The Morgan fingerprint density at radius 2 is 0.963 bits per heavy atom. The minimum absolute atomic E-state index is 0.000382. The van der Waals surface area contributed by atoms with Gasteiger partial charge in [-0.25, -0.2) is 0 Å². The van der Waals surface area contributed by atoms with E-state index in [0.29, 0.717) is 60.8 Å². The van der Waals surface area contributed by atoms with Gasteiger partial charge < -0.3 is 55.6 Å². The molecule has 0 aromatic carbocycles. The number of rotatable bonds is 13. The number of amides is 2. The summed E-state index contributed by atoms with van der Waals surface area (Å²) >= 11 is 0. The smallest absolute Gasteiger partial charge is 0.222 e. The first-order valence-electron chi connectivity index (χ1n) is 42.7. The first-order chi connectivity index (χ1) is 49.7. The van der Waals surface area contributed by atoms with E-state index in [1.807, 2.05) is 27.7 Å². The highest BCUT2D eigenvalue weighted by Crippen LogP contribution is 2.88. The largest absolute Gasteiger partial charge is 0.480 e. The molecule has 14 rings (SSSR count). The first kappa shape index (κ1) is 83.0. The van der Waals surface area contributed by atoms with Gasteiger partial charge in [0, 0.05) is 118 Å². The van der Waals surface area contributed by atoms with Crippen LogP contribution in [0.4, 0.5) is 0 Å². The summed E-state index contributed by atoms with van der Waals surface area (Å²) in [7, 11) is 12.5. The summed E-state index contributed by atoms with van der Waals surface area (Å²) < 4.78 is 6.24. The lowest BCUT2D eigenvalue weighted by molar-refractivity contribution is -0.173. The zero-order valence-electron chi connectivity index (χ0n) is 71.0. The fourth-order valence-electron chi connectivity index (χ4n) is 29.5. The van der Waals surface area contributed by atoms with Gasteiger partial charge in [0.25, 0.3) is 0 Å². The normalized spacial score (nSPS) is 48.6. The summed E-state index contributed by atoms with van der Waals surface area (Å²) in [5.41, 5.74) is 0.671. The van der Waals surface area contributed by atoms with Gasteiger partial charge in [-0.1, -0.05) is 127 Å². The van der Waals surface area contributed by atoms with Crippen LogP contribution in [0.15, 0.2) is 28.3 Å². The molecule has 31 atom stereocenters. The van der Waals surface area contributed by atoms with Gasteiger partial charge in [-0.2, -0.15) is 0 Å². The number of aliphatic hydroxyl groups excluding tert-OH is 5. The molecule has 2 amide bonds. The number of allylic oxidation sites excluding steroid dienone is 2. The molecule has 0 saturated heterocycles. The number of aliphatic imine (C=N–C) groups is 1. The average molecular weight is 1490 g/mol. The molecule has 0 bridgehead atoms. The van der Waals surface area contributed by atoms with Gasteiger partial charge in [0.15, 0.2) is 5.90 Å². The molecule has 0 aromatic rings. The van der Waals surface area contributed by atoms with Crippen molar-refractivity contribution >= 4 is 35.1 Å². The molecule has 1 aliphatic heterocycles. The number of nitrogens with zero attached hydrogens (tertiary/aromatic N) is 4. The number of carbonyl (C=O) groups excluding carboxylic acids is 5. The van der Waals surface area contributed by atoms with Gasteiger partial charge in [-0.05, 0) is 239 Å². The number of aliphatic hydroxyl groups is 5. The van der Waals surface area contributed by atoms with Crippen molar-refractivity contribution in [3.8, 4) is 0 Å². The van der Waals surface area contributed by atoms with Crippen molar-refractivity contribution < 1.29 is 54.2 Å². The predicted octanol–water partition coefficient (Wildman–Crippen LogP) is 12.6. The van der Waals surface area contributed by atoms with E-state index in [0.717, 1.165) is 109 Å². The van der Waals surface area contributed by atoms with E-state index in [1.165, 1.54) is 11.1 Å². The highest BCUT2D eigenvalue weighted by molar-refractivity contribution is 5.92. The number of ketones is 3. The predicted molar refractivity (Wildman–Crippen MR) is 422 cm³/mol. The Hall–Kier alpha value is -3.42. The Morgan fingerprint density at radius 1 is 0.533 bits per heavy atom. The van der Waals surface area contributed by atoms with Gasteiger partial charge >= 0.3 is 0 Å². The van der Waals surface area contributed by atoms with Crippen LogP contribution in [-0.4, -0.2) is 192 Å². The number of ether oxygens (including phenoxy) is 1. The van der Waals surface area contributed by atoms with Crippen LogP contribution in [-0.2, 0) is 28.7 Å². The average Bonchev–Trinajstić information content (AvgIpc) is 1.45. The second kappa shape index (κ2) is 28.5. The van der Waals surface area contributed by atoms with Crippen LogP contribution in [0.1, 0.15) is 247 Å². The summed E-state index contributed by atoms with van der Waals surface area (Å²) in [4.78, 5) is 79.1. The molecule has 14 aliphatic rings. The monoisotopic (exact) mass is 1490 g/mol. The Balaban J connectivity index is 0.000000150. The Bertz CT molecular complexity index is 3510. The van der Waals surface area contributed by atoms with E-state index in [1.54, 1.807) is 0 Å². The molecular weight excluding hydrogens is 1340 g/mol. The lowest BCUT2D eigenvalue weighted by Gasteiger charge is -2.63. The maximum absolute atomic E-state index is 14.4. The summed E-state index contributed by atoms with van der Waals surface area (Å²) in [5.74, 6) is 4.29. The third kappa shape index (κ3) is 12.2. The van der Waals surface area contributed by atoms with Crippen molar-refractivity contribution in [2.75, 3.05) is 62.1 Å². The Kier molecular flexibility index (Phi) is 22.1. The third-order valence-corrected chi connectivity index (χ3v) is 36.8. The van der Waals surface area contributed by atoms with Crippen LogP contribution in [0, 0.1) is 142 Å². The topological polar surface area (TPSA) is 242 Å². The second-order valence-electron chi connectivity index (χ2n) is 42.7. The Labute approximate surface area is 645 Å². The summed E-state index contributed by atoms with van der Waals surface area (Å²) in [6, 6.07) is 0.745. The van der Waals surface area contributed by atoms with Crippen molar-refractivity contribution in [1.82, 2.24) is 25.3 Å². The van der Waals surface area contributed by atoms with Crippen molar-refractivity contribution in [3.05, 3.63) is 23.3 Å². The highest BCUT2D eigenvalue weighted by atomic mass is 16.5. The van der Waals surface area contributed by atoms with E-state index in [2.05, 4.69) is 177 Å². The molecule has 11 saturated carbocycles. The molecule has 0 aromatic heterocycles. The van der Waals surface area contributed by atoms with Crippen LogP contribution >= 0.6 is 0 Å². The molecular formula is C90H148N6O11. The highest BCUT2D eigenvalue weighted by Gasteiger charge is 2.86. The molecule has 9 unspecified atom stereocenters. The van der Waals surface area contributed by atoms with Gasteiger partial charge in [-0.3, -0.25) is 29.0 Å². The summed E-state index contributed by atoms with van der Waals surface area (Å²) in [6.45, 7) is 40.0. The SMILES string of the molecule is CC(C)C(=O)N[C@H]1CC=C2CC3C(=O)C[C@]4(C)[C@@H]([C@H](C)N(C)C)[C@H](O)C[C@@]4(C)C3CCC2[C@]1(C)CO.CC(C)C(=O)N[C@H]1CCC23C[C@]24C(=O)C[C@]2(C)[C@@H]([C@H](C)N(C)C)[C@H](O)C[C@@]2(C)C4CCC3[C@]1(C)CO.CC(C)C1=N[C@H]2CC=C3CC4C(=O)C[C@]5(C)[C@@H]([C@H](C)N(C)C)[C@H](O)C[C@@]5(C)C4CCC3[C@]2(C)CO1. The maximum Gasteiger partial charge on any atom is 0.222 e. The van der Waals surface area contributed by atoms with Crippen LogP contribution in [0.5, 0.6) is 0 Å². The molecule has 107 heavy (non-hydrogen) atoms. The van der Waals surface area contributed by atoms with E-state index < -0.39 is 23.0 Å². The molecule has 604 valence electrons. The van der Waals surface area contributed by atoms with Gasteiger partial charge in [0.05, 0.1) is 44.2 Å². The minimum atomic E-state index is -0.452. The van der Waals surface area contributed by atoms with Gasteiger partial charge in [0.2, 0.25) is 11.8 Å². The zero-order valence-corrected chi connectivity index (χ0v) is 71.0. The number of fused-ring (bicyclic) bond motifs is 12. The molecule has 0 radical (unpaired) electrons. The number of carbonyl (C=O) groups is 5. The molecule has 1 heterocycles. The Morgan fingerprint density at radius 3 is 1.42 bits per heavy atom. The van der Waals surface area contributed by atoms with Crippen molar-refractivity contribution in [1.29, 1.82) is 0 Å². The zero-order chi connectivity index (χ0) is 78.9. The fourth-order valence-corrected chi connectivity index (χ4v) is 29.5. The first-order valence-corrected chi connectivity index (χ1v) is 42.7. The molecule has 11 fully saturated rings. The van der Waals surface area contributed by atoms with Crippen LogP contribution in [0.25, 0.3) is 0 Å². The second-order valence-corrected chi connectivity index (χ2v) is 42.7. The van der Waals surface area contributed by atoms with Crippen LogP contribution in [0.3, 0.4) is 0 Å². The summed E-state index contributed by atoms with van der Waals surface area (Å²) in [5, 5.41) is 62.1. The number of nitrogens with one attached hydrogen (secondary N) is 2. The fraction of sp³-hybridized carbons (Fsp3) is 0.889. The third-order valence-electron chi connectivity index (χ3n) is 36.8. The lowest BCUT2D eigenvalue weighted by Crippen LogP contribution is -2.64. The summed E-state index contributed by atoms with van der Waals surface area (Å²) in [6.07, 6.45) is 19.5. The van der Waals surface area contributed by atoms with Crippen LogP contribution < -0.4 is 10.6 Å². The van der Waals surface area contributed by atoms with Crippen LogP contribution in [0.2, 0.25) is 0 Å². The van der Waals surface area contributed by atoms with E-state index in [-0.39, 0.29) is 181 Å². The standard InChI is InChI=1S/2C30H50N2O4.C30H48N2O3/c1-17(2)25(36)31-22-11-12-29-15-30(29)21(10-9-20(29)26(22,4)16-33)27(5)13-19(34)24(18(3)32(7)8)28(27,6)14-23(30)35;1-17(2)27(36)31-25-12-9-19-13-20-22(11-10-21(19)28(25,4)16-33)29(5)15-24(35)26(18(3)32(7)8)30(29,6)14-23(20)34;1-17(2)27-31-25-12-9-19-13-20-22(11-10-21(19)28(25,4)16-35-27)29(5)15-24(34)26(18(3)32(7)8)30(29,6)14-23(20)33/h17-22,24,33-34H,9-16H2,1-8H3,(H,31,36);9,17-18,20-22,24-26,33,35H,10-16H2,1-8H3,(H,31,36);9,17-18,20-22,24-26,34H,10-16H2,1-8H3/t18-,19+,20?,21?,22-,24-,26-,27-,28+,29?,30-;2*18-,20?,21?,22?,24+,25-,26-,28-,29-,30+/m000/s1. The van der Waals surface area contributed by atoms with E-state index in [4.69, 9.17) is 9.73 Å². The molecule has 13 aliphatic carbocycles. The van der Waals surface area contributed by atoms with Gasteiger partial charge in [0.1, 0.15) is 17.3 Å². The lowest BCUT2D eigenvalue weighted by atomic mass is 9.41. The number of hydrogen-bond donors (Lipinski definition) is 7. The van der Waals surface area contributed by atoms with Crippen molar-refractivity contribution in [3.63, 3.8) is 0 Å². The van der Waals surface area contributed by atoms with E-state index in [9.17, 15) is 49.5 Å². The number of hydrogen-bond acceptors (Lipinski definition) is 15. The molecule has 17 heteroatoms. The number of Topliss-reactive ketones (excluding diaryl/α,β-unsaturated/α-hetero) is 3.